The molecule has 0 spiro atoms. The van der Waals surface area contributed by atoms with Crippen molar-refractivity contribution in [3.05, 3.63) is 64.2 Å². The van der Waals surface area contributed by atoms with E-state index in [-0.39, 0.29) is 17.0 Å². The Morgan fingerprint density at radius 1 is 1.08 bits per heavy atom. The van der Waals surface area contributed by atoms with E-state index in [1.807, 2.05) is 18.2 Å². The van der Waals surface area contributed by atoms with Crippen molar-refractivity contribution < 1.29 is 4.39 Å². The van der Waals surface area contributed by atoms with E-state index >= 15 is 0 Å². The van der Waals surface area contributed by atoms with Crippen LogP contribution in [0.1, 0.15) is 43.6 Å². The lowest BCUT2D eigenvalue weighted by Crippen LogP contribution is -2.34. The molecule has 3 aromatic rings. The number of hydrogen-bond acceptors (Lipinski definition) is 4. The molecule has 0 fully saturated rings. The van der Waals surface area contributed by atoms with Gasteiger partial charge in [0.2, 0.25) is 5.82 Å². The second-order valence-corrected chi connectivity index (χ2v) is 7.19. The highest BCUT2D eigenvalue weighted by atomic mass is 35.5. The Morgan fingerprint density at radius 3 is 2.64 bits per heavy atom. The van der Waals surface area contributed by atoms with E-state index in [1.54, 1.807) is 12.1 Å². The fourth-order valence-corrected chi connectivity index (χ4v) is 3.52. The Kier molecular flexibility index (Phi) is 3.58. The predicted molar refractivity (Wildman–Crippen MR) is 96.9 cm³/mol. The summed E-state index contributed by atoms with van der Waals surface area (Å²) in [7, 11) is 0. The van der Waals surface area contributed by atoms with Gasteiger partial charge in [0.05, 0.1) is 11.1 Å². The molecule has 0 N–H and O–H groups in total. The van der Waals surface area contributed by atoms with Crippen LogP contribution in [0.25, 0.3) is 11.0 Å². The second-order valence-electron chi connectivity index (χ2n) is 6.78. The third-order valence-electron chi connectivity index (χ3n) is 4.85. The van der Waals surface area contributed by atoms with Gasteiger partial charge >= 0.3 is 0 Å². The van der Waals surface area contributed by atoms with Gasteiger partial charge in [-0.05, 0) is 37.6 Å². The maximum Gasteiger partial charge on any atom is 0.201 e. The van der Waals surface area contributed by atoms with Crippen LogP contribution in [0.3, 0.4) is 0 Å². The summed E-state index contributed by atoms with van der Waals surface area (Å²) in [6, 6.07) is 10.4. The summed E-state index contributed by atoms with van der Waals surface area (Å²) in [5.74, 6) is 0.0828. The zero-order valence-corrected chi connectivity index (χ0v) is 14.8. The van der Waals surface area contributed by atoms with Gasteiger partial charge in [0.1, 0.15) is 11.2 Å². The van der Waals surface area contributed by atoms with E-state index in [0.717, 1.165) is 11.1 Å². The molecule has 1 aliphatic heterocycles. The Balaban J connectivity index is 1.97. The highest BCUT2D eigenvalue weighted by molar-refractivity contribution is 6.32. The fourth-order valence-electron chi connectivity index (χ4n) is 3.18. The van der Waals surface area contributed by atoms with Crippen molar-refractivity contribution in [1.82, 2.24) is 15.2 Å². The lowest BCUT2D eigenvalue weighted by molar-refractivity contribution is 0.432. The third kappa shape index (κ3) is 2.50. The maximum absolute atomic E-state index is 13.8. The summed E-state index contributed by atoms with van der Waals surface area (Å²) in [4.78, 5) is 9.37. The van der Waals surface area contributed by atoms with E-state index in [0.29, 0.717) is 22.1 Å². The molecule has 1 aromatic heterocycles. The van der Waals surface area contributed by atoms with Crippen LogP contribution in [0.2, 0.25) is 5.02 Å². The number of nitrogens with zero attached hydrogens (tertiary/aromatic N) is 4. The number of benzene rings is 2. The van der Waals surface area contributed by atoms with Crippen LogP contribution in [-0.4, -0.2) is 26.4 Å². The van der Waals surface area contributed by atoms with Crippen LogP contribution in [-0.2, 0) is 0 Å². The molecule has 2 aromatic carbocycles. The van der Waals surface area contributed by atoms with Gasteiger partial charge < -0.3 is 0 Å². The molecule has 4 rings (SSSR count). The van der Waals surface area contributed by atoms with Crippen LogP contribution in [0.4, 0.5) is 4.39 Å². The van der Waals surface area contributed by atoms with Crippen LogP contribution in [0, 0.1) is 5.82 Å². The molecule has 0 bridgehead atoms. The minimum atomic E-state index is -0.438. The van der Waals surface area contributed by atoms with Crippen molar-refractivity contribution in [2.24, 2.45) is 4.99 Å². The van der Waals surface area contributed by atoms with Crippen molar-refractivity contribution >= 4 is 28.3 Å². The number of fused-ring (bicyclic) bond motifs is 2. The molecule has 126 valence electrons. The normalized spacial score (nSPS) is 18.8. The van der Waals surface area contributed by atoms with Crippen molar-refractivity contribution in [2.75, 3.05) is 0 Å². The highest BCUT2D eigenvalue weighted by Gasteiger charge is 2.36. The topological polar surface area (TPSA) is 51.0 Å². The summed E-state index contributed by atoms with van der Waals surface area (Å²) >= 11 is 6.47. The smallest absolute Gasteiger partial charge is 0.201 e. The Morgan fingerprint density at radius 2 is 1.84 bits per heavy atom. The van der Waals surface area contributed by atoms with E-state index < -0.39 is 5.82 Å². The Labute approximate surface area is 149 Å². The Bertz CT molecular complexity index is 1030. The van der Waals surface area contributed by atoms with Gasteiger partial charge in [0.25, 0.3) is 0 Å². The van der Waals surface area contributed by atoms with Gasteiger partial charge in [-0.1, -0.05) is 36.7 Å². The van der Waals surface area contributed by atoms with Gasteiger partial charge in [-0.3, -0.25) is 4.99 Å². The maximum atomic E-state index is 13.8. The van der Waals surface area contributed by atoms with Crippen LogP contribution in [0.15, 0.2) is 41.4 Å². The SMILES string of the molecule is CC1c2c(Cl)cccc2C(c2nnc3c(F)cccc3n2)=NC1(C)C. The average Bonchev–Trinajstić information content (AvgIpc) is 2.58. The van der Waals surface area contributed by atoms with Gasteiger partial charge in [0.15, 0.2) is 5.82 Å². The summed E-state index contributed by atoms with van der Waals surface area (Å²) in [5, 5.41) is 8.85. The number of halogens is 2. The summed E-state index contributed by atoms with van der Waals surface area (Å²) < 4.78 is 13.8. The first-order chi connectivity index (χ1) is 11.9. The summed E-state index contributed by atoms with van der Waals surface area (Å²) in [5.41, 5.74) is 2.81. The molecule has 2 heterocycles. The molecular formula is C19H16ClFN4. The highest BCUT2D eigenvalue weighted by Crippen LogP contribution is 2.41. The average molecular weight is 355 g/mol. The largest absolute Gasteiger partial charge is 0.274 e. The monoisotopic (exact) mass is 354 g/mol. The van der Waals surface area contributed by atoms with Gasteiger partial charge in [0, 0.05) is 16.5 Å². The molecule has 0 saturated heterocycles. The second kappa shape index (κ2) is 5.56. The minimum absolute atomic E-state index is 0.144. The zero-order valence-electron chi connectivity index (χ0n) is 14.1. The molecule has 1 aliphatic rings. The number of aliphatic imine (C=N–C) groups is 1. The first-order valence-electron chi connectivity index (χ1n) is 8.06. The van der Waals surface area contributed by atoms with Gasteiger partial charge in [-0.15, -0.1) is 10.2 Å². The predicted octanol–water partition coefficient (Wildman–Crippen LogP) is 4.55. The Hall–Kier alpha value is -2.40. The third-order valence-corrected chi connectivity index (χ3v) is 5.18. The van der Waals surface area contributed by atoms with Crippen molar-refractivity contribution in [3.8, 4) is 0 Å². The molecule has 25 heavy (non-hydrogen) atoms. The molecule has 0 saturated carbocycles. The van der Waals surface area contributed by atoms with E-state index in [4.69, 9.17) is 16.6 Å². The molecule has 1 unspecified atom stereocenters. The molecule has 6 heteroatoms. The summed E-state index contributed by atoms with van der Waals surface area (Å²) in [6.45, 7) is 6.22. The number of aromatic nitrogens is 3. The first-order valence-corrected chi connectivity index (χ1v) is 8.44. The summed E-state index contributed by atoms with van der Waals surface area (Å²) in [6.07, 6.45) is 0. The standard InChI is InChI=1S/C19H16ClFN4/c1-10-15-11(6-4-7-12(15)20)16(23-19(10,2)3)18-22-14-9-5-8-13(21)17(14)24-25-18/h4-10H,1-3H3. The van der Waals surface area contributed by atoms with E-state index in [1.165, 1.54) is 6.07 Å². The minimum Gasteiger partial charge on any atom is -0.274 e. The van der Waals surface area contributed by atoms with Crippen LogP contribution < -0.4 is 0 Å². The molecule has 1 atom stereocenters. The van der Waals surface area contributed by atoms with Crippen molar-refractivity contribution in [3.63, 3.8) is 0 Å². The lowest BCUT2D eigenvalue weighted by atomic mass is 9.77. The quantitative estimate of drug-likeness (QED) is 0.644. The lowest BCUT2D eigenvalue weighted by Gasteiger charge is -2.35. The molecule has 0 amide bonds. The molecule has 0 aliphatic carbocycles. The molecular weight excluding hydrogens is 339 g/mol. The fraction of sp³-hybridized carbons (Fsp3) is 0.263. The van der Waals surface area contributed by atoms with Crippen LogP contribution in [0.5, 0.6) is 0 Å². The zero-order chi connectivity index (χ0) is 17.8. The van der Waals surface area contributed by atoms with Gasteiger partial charge in [-0.25, -0.2) is 9.37 Å². The number of hydrogen-bond donors (Lipinski definition) is 0. The van der Waals surface area contributed by atoms with Gasteiger partial charge in [-0.2, -0.15) is 0 Å². The molecule has 0 radical (unpaired) electrons. The van der Waals surface area contributed by atoms with Crippen molar-refractivity contribution in [1.29, 1.82) is 0 Å². The first kappa shape index (κ1) is 16.1. The van der Waals surface area contributed by atoms with Crippen LogP contribution >= 0.6 is 11.6 Å². The molecule has 4 nitrogen and oxygen atoms in total. The van der Waals surface area contributed by atoms with E-state index in [2.05, 4.69) is 36.0 Å². The van der Waals surface area contributed by atoms with E-state index in [9.17, 15) is 4.39 Å². The van der Waals surface area contributed by atoms with Crippen molar-refractivity contribution in [2.45, 2.75) is 32.2 Å². The number of rotatable bonds is 1.